The number of ether oxygens (including phenoxy) is 1. The van der Waals surface area contributed by atoms with Crippen molar-refractivity contribution < 1.29 is 19.4 Å². The highest BCUT2D eigenvalue weighted by atomic mass is 16.5. The summed E-state index contributed by atoms with van der Waals surface area (Å²) in [6, 6.07) is 0. The van der Waals surface area contributed by atoms with E-state index in [2.05, 4.69) is 46.4 Å². The lowest BCUT2D eigenvalue weighted by Gasteiger charge is -2.60. The second-order valence-electron chi connectivity index (χ2n) is 21.2. The fraction of sp³-hybridized carbons (Fsp3) is 0.915. The monoisotopic (exact) mass is 761 g/mol. The summed E-state index contributed by atoms with van der Waals surface area (Å²) < 4.78 is 7.55. The smallest absolute Gasteiger partial charge is 0.315 e. The number of allylic oxidation sites excluding steroid dienone is 1. The number of fused-ring (bicyclic) bond motifs is 2. The fourth-order valence-corrected chi connectivity index (χ4v) is 15.7. The van der Waals surface area contributed by atoms with Crippen LogP contribution >= 0.6 is 0 Å². The number of hydrogen-bond donors (Lipinski definition) is 1. The van der Waals surface area contributed by atoms with Crippen molar-refractivity contribution in [3.63, 3.8) is 0 Å². The molecule has 1 N–H and O–H groups in total. The van der Waals surface area contributed by atoms with E-state index in [1.165, 1.54) is 129 Å². The van der Waals surface area contributed by atoms with E-state index in [0.717, 1.165) is 62.7 Å². The quantitative estimate of drug-likeness (QED) is 0.158. The van der Waals surface area contributed by atoms with Crippen molar-refractivity contribution in [3.05, 3.63) is 11.6 Å². The van der Waals surface area contributed by atoms with Crippen LogP contribution in [0.1, 0.15) is 117 Å². The van der Waals surface area contributed by atoms with Crippen LogP contribution in [0.25, 0.3) is 0 Å². The number of piperidine rings is 2. The Morgan fingerprint density at radius 2 is 1.49 bits per heavy atom. The zero-order valence-corrected chi connectivity index (χ0v) is 35.0. The maximum atomic E-state index is 14.3. The van der Waals surface area contributed by atoms with Gasteiger partial charge in [-0.1, -0.05) is 70.9 Å². The van der Waals surface area contributed by atoms with E-state index in [0.29, 0.717) is 24.2 Å². The van der Waals surface area contributed by atoms with E-state index >= 15 is 0 Å². The van der Waals surface area contributed by atoms with Gasteiger partial charge in [0.1, 0.15) is 11.7 Å². The van der Waals surface area contributed by atoms with Crippen molar-refractivity contribution in [1.82, 2.24) is 19.6 Å². The molecule has 0 radical (unpaired) electrons. The van der Waals surface area contributed by atoms with Crippen LogP contribution < -0.4 is 0 Å². The molecule has 9 aliphatic rings. The lowest BCUT2D eigenvalue weighted by atomic mass is 9.41. The third-order valence-electron chi connectivity index (χ3n) is 18.4. The number of aldehydes is 1. The Bertz CT molecular complexity index is 1410. The third-order valence-corrected chi connectivity index (χ3v) is 18.4. The summed E-state index contributed by atoms with van der Waals surface area (Å²) in [7, 11) is 0. The highest BCUT2D eigenvalue weighted by Gasteiger charge is 2.86. The van der Waals surface area contributed by atoms with E-state index in [9.17, 15) is 14.7 Å². The van der Waals surface area contributed by atoms with Gasteiger partial charge < -0.3 is 29.3 Å². The average Bonchev–Trinajstić information content (AvgIpc) is 4.02. The van der Waals surface area contributed by atoms with Crippen molar-refractivity contribution >= 4 is 12.3 Å². The van der Waals surface area contributed by atoms with Crippen LogP contribution in [-0.4, -0.2) is 128 Å². The molecular weight excluding hydrogens is 685 g/mol. The summed E-state index contributed by atoms with van der Waals surface area (Å²) in [6.45, 7) is 21.3. The van der Waals surface area contributed by atoms with Crippen molar-refractivity contribution in [1.29, 1.82) is 0 Å². The van der Waals surface area contributed by atoms with Gasteiger partial charge in [-0.15, -0.1) is 0 Å². The normalized spacial score (nSPS) is 43.4. The standard InChI is InChI=1S/C47H76N4O4/c1-33(2)41-27-38-28-45(32-52)40-12-11-34(3)39(40)29-46(38,47(41,45)44(53)54)43-26-37(25-35-9-5-6-10-35)42(55-43)31-50-17-13-36(14-18-50)30-51-23-21-49(22-24-51)20-19-48-15-7-4-8-16-48/h27,32-40,42-43H,4-26,28-31H2,1-3H3,(H,53,54)/t34-,37+,38?,39-,40-,42+,43-,45?,46?,47+/m1/s1. The van der Waals surface area contributed by atoms with Crippen LogP contribution in [-0.2, 0) is 14.3 Å². The molecule has 0 aromatic rings. The van der Waals surface area contributed by atoms with E-state index in [1.54, 1.807) is 0 Å². The van der Waals surface area contributed by atoms with Gasteiger partial charge in [0.05, 0.1) is 17.6 Å². The molecule has 8 fully saturated rings. The summed E-state index contributed by atoms with van der Waals surface area (Å²) in [4.78, 5) is 38.9. The number of carboxylic acid groups (broad SMARTS) is 1. The molecule has 5 aliphatic carbocycles. The van der Waals surface area contributed by atoms with Crippen LogP contribution in [0.15, 0.2) is 11.6 Å². The van der Waals surface area contributed by atoms with E-state index in [1.807, 2.05) is 0 Å². The maximum Gasteiger partial charge on any atom is 0.315 e. The number of carbonyl (C=O) groups excluding carboxylic acids is 1. The molecule has 4 aliphatic heterocycles. The highest BCUT2D eigenvalue weighted by molar-refractivity contribution is 5.90. The Kier molecular flexibility index (Phi) is 11.2. The zero-order chi connectivity index (χ0) is 38.0. The first-order valence-electron chi connectivity index (χ1n) is 23.6. The molecule has 4 heterocycles. The Hall–Kier alpha value is -1.32. The van der Waals surface area contributed by atoms with Crippen LogP contribution in [0, 0.1) is 63.6 Å². The van der Waals surface area contributed by atoms with E-state index in [4.69, 9.17) is 4.74 Å². The predicted molar refractivity (Wildman–Crippen MR) is 218 cm³/mol. The molecule has 4 saturated carbocycles. The van der Waals surface area contributed by atoms with Gasteiger partial charge in [-0.3, -0.25) is 9.69 Å². The number of aliphatic carboxylic acids is 1. The molecule has 308 valence electrons. The van der Waals surface area contributed by atoms with Gasteiger partial charge >= 0.3 is 5.97 Å². The summed E-state index contributed by atoms with van der Waals surface area (Å²) >= 11 is 0. The molecule has 55 heavy (non-hydrogen) atoms. The average molecular weight is 761 g/mol. The van der Waals surface area contributed by atoms with Crippen LogP contribution in [0.5, 0.6) is 0 Å². The zero-order valence-electron chi connectivity index (χ0n) is 35.0. The Morgan fingerprint density at radius 1 is 0.818 bits per heavy atom. The van der Waals surface area contributed by atoms with Crippen molar-refractivity contribution in [2.24, 2.45) is 63.6 Å². The molecule has 0 aromatic heterocycles. The molecule has 4 saturated heterocycles. The molecular formula is C47H76N4O4. The molecule has 0 aromatic carbocycles. The third kappa shape index (κ3) is 6.46. The first kappa shape index (κ1) is 39.2. The highest BCUT2D eigenvalue weighted by Crippen LogP contribution is 2.84. The first-order chi connectivity index (χ1) is 26.7. The van der Waals surface area contributed by atoms with Crippen LogP contribution in [0.4, 0.5) is 0 Å². The van der Waals surface area contributed by atoms with E-state index < -0.39 is 22.2 Å². The largest absolute Gasteiger partial charge is 0.481 e. The van der Waals surface area contributed by atoms with Gasteiger partial charge in [-0.25, -0.2) is 0 Å². The Balaban J connectivity index is 0.875. The molecule has 8 heteroatoms. The predicted octanol–water partition coefficient (Wildman–Crippen LogP) is 7.08. The van der Waals surface area contributed by atoms with Crippen molar-refractivity contribution in [2.45, 2.75) is 129 Å². The summed E-state index contributed by atoms with van der Waals surface area (Å²) in [5, 5.41) is 11.7. The number of hydrogen-bond acceptors (Lipinski definition) is 7. The number of nitrogens with zero attached hydrogens (tertiary/aromatic N) is 4. The first-order valence-corrected chi connectivity index (χ1v) is 23.6. The number of likely N-dealkylation sites (tertiary alicyclic amines) is 2. The fourth-order valence-electron chi connectivity index (χ4n) is 15.7. The lowest BCUT2D eigenvalue weighted by Crippen LogP contribution is -2.65. The van der Waals surface area contributed by atoms with Gasteiger partial charge in [-0.2, -0.15) is 0 Å². The minimum absolute atomic E-state index is 0.0934. The summed E-state index contributed by atoms with van der Waals surface area (Å²) in [5.74, 6) is 2.67. The van der Waals surface area contributed by atoms with Gasteiger partial charge in [-0.05, 0) is 131 Å². The Labute approximate surface area is 333 Å². The minimum Gasteiger partial charge on any atom is -0.481 e. The molecule has 4 bridgehead atoms. The second-order valence-corrected chi connectivity index (χ2v) is 21.2. The van der Waals surface area contributed by atoms with Gasteiger partial charge in [0.25, 0.3) is 0 Å². The molecule has 3 unspecified atom stereocenters. The summed E-state index contributed by atoms with van der Waals surface area (Å²) in [5.41, 5.74) is -1.41. The van der Waals surface area contributed by atoms with Gasteiger partial charge in [0.15, 0.2) is 0 Å². The SMILES string of the molecule is CC(C)C1=CC2CC3(C=O)[C@@H]4CC[C@@H](C)[C@H]4CC2([C@H]2C[C@H](CC4CCCC4)[C@H](CN4CCC(CN5CCN(CCN6CCCCC6)CC5)CC4)O2)[C@]13C(=O)O. The second kappa shape index (κ2) is 15.7. The number of carboxylic acids is 1. The molecule has 10 atom stereocenters. The lowest BCUT2D eigenvalue weighted by molar-refractivity contribution is -0.197. The van der Waals surface area contributed by atoms with Gasteiger partial charge in [0, 0.05) is 57.8 Å². The molecule has 0 spiro atoms. The Morgan fingerprint density at radius 3 is 2.16 bits per heavy atom. The number of carbonyl (C=O) groups is 2. The minimum atomic E-state index is -1.14. The van der Waals surface area contributed by atoms with Crippen molar-refractivity contribution in [2.75, 3.05) is 78.5 Å². The topological polar surface area (TPSA) is 76.6 Å². The van der Waals surface area contributed by atoms with Crippen molar-refractivity contribution in [3.8, 4) is 0 Å². The van der Waals surface area contributed by atoms with Crippen LogP contribution in [0.3, 0.4) is 0 Å². The summed E-state index contributed by atoms with van der Waals surface area (Å²) in [6.07, 6.45) is 21.7. The number of rotatable bonds is 13. The number of piperazine rings is 1. The maximum absolute atomic E-state index is 14.3. The van der Waals surface area contributed by atoms with E-state index in [-0.39, 0.29) is 30.0 Å². The molecule has 9 rings (SSSR count). The van der Waals surface area contributed by atoms with Crippen LogP contribution in [0.2, 0.25) is 0 Å². The van der Waals surface area contributed by atoms with Gasteiger partial charge in [0.2, 0.25) is 0 Å². The molecule has 0 amide bonds. The molecule has 8 nitrogen and oxygen atoms in total.